The van der Waals surface area contributed by atoms with Crippen molar-refractivity contribution in [1.29, 1.82) is 0 Å². The Balaban J connectivity index is 1.91. The number of hydrogen-bond donors (Lipinski definition) is 1. The number of hydrogen-bond acceptors (Lipinski definition) is 1. The van der Waals surface area contributed by atoms with E-state index in [0.717, 1.165) is 12.8 Å². The molecule has 0 unspecified atom stereocenters. The maximum Gasteiger partial charge on any atom is 0.0162 e. The van der Waals surface area contributed by atoms with Crippen LogP contribution in [0.15, 0.2) is 66.7 Å². The minimum Gasteiger partial charge on any atom is -0.330 e. The normalized spacial score (nSPS) is 16.0. The lowest BCUT2D eigenvalue weighted by Gasteiger charge is -2.29. The molecule has 0 bridgehead atoms. The number of benzene rings is 3. The van der Waals surface area contributed by atoms with Crippen molar-refractivity contribution in [2.75, 3.05) is 6.54 Å². The lowest BCUT2D eigenvalue weighted by Crippen LogP contribution is -2.36. The zero-order chi connectivity index (χ0) is 14.3. The van der Waals surface area contributed by atoms with Gasteiger partial charge in [0.25, 0.3) is 0 Å². The third-order valence-electron chi connectivity index (χ3n) is 4.93. The van der Waals surface area contributed by atoms with Crippen LogP contribution >= 0.6 is 0 Å². The van der Waals surface area contributed by atoms with Crippen molar-refractivity contribution in [3.8, 4) is 0 Å². The van der Waals surface area contributed by atoms with Crippen molar-refractivity contribution in [3.63, 3.8) is 0 Å². The molecule has 21 heavy (non-hydrogen) atoms. The molecule has 0 radical (unpaired) electrons. The summed E-state index contributed by atoms with van der Waals surface area (Å²) in [7, 11) is 0. The van der Waals surface area contributed by atoms with Crippen molar-refractivity contribution >= 4 is 10.8 Å². The fourth-order valence-corrected chi connectivity index (χ4v) is 3.83. The summed E-state index contributed by atoms with van der Waals surface area (Å²) in [4.78, 5) is 0. The molecule has 0 atom stereocenters. The molecule has 0 heterocycles. The van der Waals surface area contributed by atoms with Crippen LogP contribution in [0, 0.1) is 0 Å². The fourth-order valence-electron chi connectivity index (χ4n) is 3.83. The first kappa shape index (κ1) is 12.6. The van der Waals surface area contributed by atoms with E-state index in [1.807, 2.05) is 0 Å². The predicted molar refractivity (Wildman–Crippen MR) is 88.5 cm³/mol. The Labute approximate surface area is 125 Å². The molecule has 3 aromatic carbocycles. The van der Waals surface area contributed by atoms with E-state index in [4.69, 9.17) is 5.73 Å². The molecule has 0 amide bonds. The first-order chi connectivity index (χ1) is 10.3. The highest BCUT2D eigenvalue weighted by Crippen LogP contribution is 2.41. The zero-order valence-electron chi connectivity index (χ0n) is 12.0. The Morgan fingerprint density at radius 3 is 2.10 bits per heavy atom. The second-order valence-corrected chi connectivity index (χ2v) is 6.13. The standard InChI is InChI=1S/C20H19N/c21-14-20(12-16-7-1-2-8-17(16)13-20)19-11-5-9-15-6-3-4-10-18(15)19/h1-11H,12-14,21H2. The van der Waals surface area contributed by atoms with E-state index < -0.39 is 0 Å². The van der Waals surface area contributed by atoms with Gasteiger partial charge in [0, 0.05) is 12.0 Å². The summed E-state index contributed by atoms with van der Waals surface area (Å²) in [6.07, 6.45) is 2.10. The van der Waals surface area contributed by atoms with Gasteiger partial charge in [0.2, 0.25) is 0 Å². The van der Waals surface area contributed by atoms with Crippen LogP contribution in [0.1, 0.15) is 16.7 Å². The van der Waals surface area contributed by atoms with Gasteiger partial charge in [0.15, 0.2) is 0 Å². The average molecular weight is 273 g/mol. The highest BCUT2D eigenvalue weighted by Gasteiger charge is 2.38. The van der Waals surface area contributed by atoms with E-state index in [1.54, 1.807) is 0 Å². The molecule has 0 aliphatic heterocycles. The Morgan fingerprint density at radius 2 is 1.38 bits per heavy atom. The second-order valence-electron chi connectivity index (χ2n) is 6.13. The Bertz CT molecular complexity index is 773. The van der Waals surface area contributed by atoms with Gasteiger partial charge in [-0.1, -0.05) is 66.7 Å². The number of rotatable bonds is 2. The van der Waals surface area contributed by atoms with E-state index in [9.17, 15) is 0 Å². The average Bonchev–Trinajstić information content (AvgIpc) is 2.94. The fraction of sp³-hybridized carbons (Fsp3) is 0.200. The van der Waals surface area contributed by atoms with Crippen molar-refractivity contribution < 1.29 is 0 Å². The molecule has 1 nitrogen and oxygen atoms in total. The largest absolute Gasteiger partial charge is 0.330 e. The van der Waals surface area contributed by atoms with Crippen LogP contribution in [0.25, 0.3) is 10.8 Å². The van der Waals surface area contributed by atoms with Gasteiger partial charge < -0.3 is 5.73 Å². The molecule has 3 aromatic rings. The van der Waals surface area contributed by atoms with Gasteiger partial charge in [0.05, 0.1) is 0 Å². The maximum atomic E-state index is 6.27. The molecular formula is C20H19N. The van der Waals surface area contributed by atoms with Crippen LogP contribution in [0.5, 0.6) is 0 Å². The van der Waals surface area contributed by atoms with Gasteiger partial charge in [-0.3, -0.25) is 0 Å². The molecule has 0 fully saturated rings. The SMILES string of the molecule is NCC1(c2cccc3ccccc23)Cc2ccccc2C1. The molecule has 0 spiro atoms. The van der Waals surface area contributed by atoms with Crippen molar-refractivity contribution in [1.82, 2.24) is 0 Å². The predicted octanol–water partition coefficient (Wildman–Crippen LogP) is 3.84. The van der Waals surface area contributed by atoms with Crippen molar-refractivity contribution in [3.05, 3.63) is 83.4 Å². The van der Waals surface area contributed by atoms with Gasteiger partial charge in [-0.15, -0.1) is 0 Å². The topological polar surface area (TPSA) is 26.0 Å². The summed E-state index contributed by atoms with van der Waals surface area (Å²) in [5, 5.41) is 2.65. The number of nitrogens with two attached hydrogens (primary N) is 1. The van der Waals surface area contributed by atoms with Gasteiger partial charge in [-0.25, -0.2) is 0 Å². The Morgan fingerprint density at radius 1 is 0.762 bits per heavy atom. The van der Waals surface area contributed by atoms with Gasteiger partial charge in [0.1, 0.15) is 0 Å². The van der Waals surface area contributed by atoms with E-state index in [2.05, 4.69) is 66.7 Å². The molecule has 0 aromatic heterocycles. The molecular weight excluding hydrogens is 254 g/mol. The van der Waals surface area contributed by atoms with E-state index >= 15 is 0 Å². The van der Waals surface area contributed by atoms with Crippen LogP contribution in [-0.4, -0.2) is 6.54 Å². The third-order valence-corrected chi connectivity index (χ3v) is 4.93. The number of fused-ring (bicyclic) bond motifs is 2. The third kappa shape index (κ3) is 1.89. The maximum absolute atomic E-state index is 6.27. The van der Waals surface area contributed by atoms with Crippen LogP contribution < -0.4 is 5.73 Å². The van der Waals surface area contributed by atoms with Crippen LogP contribution in [0.4, 0.5) is 0 Å². The molecule has 0 saturated carbocycles. The first-order valence-corrected chi connectivity index (χ1v) is 7.57. The molecule has 2 N–H and O–H groups in total. The second kappa shape index (κ2) is 4.71. The highest BCUT2D eigenvalue weighted by molar-refractivity contribution is 5.87. The molecule has 1 aliphatic rings. The van der Waals surface area contributed by atoms with Gasteiger partial charge in [-0.05, 0) is 40.3 Å². The first-order valence-electron chi connectivity index (χ1n) is 7.57. The lowest BCUT2D eigenvalue weighted by molar-refractivity contribution is 0.467. The summed E-state index contributed by atoms with van der Waals surface area (Å²) in [5.41, 5.74) is 10.6. The van der Waals surface area contributed by atoms with Gasteiger partial charge >= 0.3 is 0 Å². The summed E-state index contributed by atoms with van der Waals surface area (Å²) in [5.74, 6) is 0. The van der Waals surface area contributed by atoms with Gasteiger partial charge in [-0.2, -0.15) is 0 Å². The molecule has 1 aliphatic carbocycles. The highest BCUT2D eigenvalue weighted by atomic mass is 14.6. The minimum atomic E-state index is 0.0462. The van der Waals surface area contributed by atoms with Crippen LogP contribution in [0.3, 0.4) is 0 Å². The monoisotopic (exact) mass is 273 g/mol. The lowest BCUT2D eigenvalue weighted by atomic mass is 9.76. The van der Waals surface area contributed by atoms with Crippen molar-refractivity contribution in [2.24, 2.45) is 5.73 Å². The van der Waals surface area contributed by atoms with Crippen LogP contribution in [-0.2, 0) is 18.3 Å². The molecule has 1 heteroatoms. The summed E-state index contributed by atoms with van der Waals surface area (Å²) >= 11 is 0. The Hall–Kier alpha value is -2.12. The molecule has 4 rings (SSSR count). The van der Waals surface area contributed by atoms with E-state index in [1.165, 1.54) is 27.5 Å². The summed E-state index contributed by atoms with van der Waals surface area (Å²) < 4.78 is 0. The quantitative estimate of drug-likeness (QED) is 0.754. The summed E-state index contributed by atoms with van der Waals surface area (Å²) in [6, 6.07) is 24.0. The van der Waals surface area contributed by atoms with E-state index in [0.29, 0.717) is 6.54 Å². The minimum absolute atomic E-state index is 0.0462. The zero-order valence-corrected chi connectivity index (χ0v) is 12.0. The van der Waals surface area contributed by atoms with Crippen LogP contribution in [0.2, 0.25) is 0 Å². The van der Waals surface area contributed by atoms with Crippen molar-refractivity contribution in [2.45, 2.75) is 18.3 Å². The molecule has 0 saturated heterocycles. The summed E-state index contributed by atoms with van der Waals surface area (Å²) in [6.45, 7) is 0.690. The van der Waals surface area contributed by atoms with E-state index in [-0.39, 0.29) is 5.41 Å². The molecule has 104 valence electrons. The Kier molecular flexibility index (Phi) is 2.83. The smallest absolute Gasteiger partial charge is 0.0162 e.